The summed E-state index contributed by atoms with van der Waals surface area (Å²) in [4.78, 5) is 6.23. The average molecular weight is 512 g/mol. The molecule has 0 saturated heterocycles. The van der Waals surface area contributed by atoms with Crippen LogP contribution in [0.15, 0.2) is 65.3 Å². The molecule has 4 aromatic rings. The van der Waals surface area contributed by atoms with E-state index in [9.17, 15) is 0 Å². The smallest absolute Gasteiger partial charge is 0.175 e. The van der Waals surface area contributed by atoms with Crippen LogP contribution in [0.1, 0.15) is 54.3 Å². The second-order valence-electron chi connectivity index (χ2n) is 10.0. The van der Waals surface area contributed by atoms with Gasteiger partial charge < -0.3 is 19.5 Å². The van der Waals surface area contributed by atoms with Gasteiger partial charge in [-0.05, 0) is 69.6 Å². The van der Waals surface area contributed by atoms with Crippen molar-refractivity contribution in [2.75, 3.05) is 20.6 Å². The Balaban J connectivity index is 1.38. The van der Waals surface area contributed by atoms with Crippen molar-refractivity contribution in [2.45, 2.75) is 52.3 Å². The number of benzene rings is 2. The van der Waals surface area contributed by atoms with Crippen LogP contribution in [0.3, 0.4) is 0 Å². The minimum absolute atomic E-state index is 0.363. The van der Waals surface area contributed by atoms with E-state index >= 15 is 0 Å². The van der Waals surface area contributed by atoms with E-state index in [0.717, 1.165) is 72.3 Å². The normalized spacial score (nSPS) is 12.1. The minimum Gasteiger partial charge on any atom is -0.488 e. The van der Waals surface area contributed by atoms with E-state index < -0.39 is 0 Å². The van der Waals surface area contributed by atoms with Crippen LogP contribution in [0.4, 0.5) is 0 Å². The van der Waals surface area contributed by atoms with Gasteiger partial charge in [-0.3, -0.25) is 0 Å². The highest BCUT2D eigenvalue weighted by molar-refractivity contribution is 5.84. The third-order valence-electron chi connectivity index (χ3n) is 6.85. The maximum atomic E-state index is 8.96. The molecule has 0 aliphatic rings. The van der Waals surface area contributed by atoms with Gasteiger partial charge in [-0.25, -0.2) is 4.98 Å². The van der Waals surface area contributed by atoms with Crippen molar-refractivity contribution in [3.8, 4) is 11.8 Å². The zero-order valence-electron chi connectivity index (χ0n) is 22.6. The van der Waals surface area contributed by atoms with Crippen molar-refractivity contribution in [3.63, 3.8) is 0 Å². The molecule has 0 bridgehead atoms. The number of nitriles is 1. The van der Waals surface area contributed by atoms with Crippen LogP contribution in [-0.4, -0.2) is 35.7 Å². The fourth-order valence-electron chi connectivity index (χ4n) is 4.64. The molecule has 198 valence electrons. The van der Waals surface area contributed by atoms with Crippen molar-refractivity contribution in [2.24, 2.45) is 5.92 Å². The van der Waals surface area contributed by atoms with E-state index in [1.54, 1.807) is 12.3 Å². The largest absolute Gasteiger partial charge is 0.488 e. The third-order valence-corrected chi connectivity index (χ3v) is 6.85. The number of pyridine rings is 1. The van der Waals surface area contributed by atoms with Crippen molar-refractivity contribution in [3.05, 3.63) is 88.9 Å². The zero-order chi connectivity index (χ0) is 26.7. The van der Waals surface area contributed by atoms with E-state index in [1.165, 1.54) is 5.56 Å². The molecule has 7 nitrogen and oxygen atoms in total. The lowest BCUT2D eigenvalue weighted by Gasteiger charge is -2.16. The number of hydrogen-bond acceptors (Lipinski definition) is 7. The molecule has 1 N–H and O–H groups in total. The van der Waals surface area contributed by atoms with Crippen molar-refractivity contribution >= 4 is 11.0 Å². The molecule has 1 unspecified atom stereocenters. The Bertz CT molecular complexity index is 1330. The van der Waals surface area contributed by atoms with E-state index in [2.05, 4.69) is 63.7 Å². The van der Waals surface area contributed by atoms with Gasteiger partial charge in [-0.15, -0.1) is 0 Å². The topological polar surface area (TPSA) is 87.2 Å². The molecule has 0 aliphatic carbocycles. The average Bonchev–Trinajstić information content (AvgIpc) is 3.36. The Morgan fingerprint density at radius 3 is 2.61 bits per heavy atom. The number of nitrogens with one attached hydrogen (secondary N) is 1. The molecule has 2 heterocycles. The molecule has 0 saturated carbocycles. The van der Waals surface area contributed by atoms with Gasteiger partial charge in [-0.1, -0.05) is 54.9 Å². The Hall–Kier alpha value is -3.73. The standard InChI is InChI=1S/C31H37N5O2/c1-4-23(16-17-33-19-24-8-6-5-7-9-24)11-14-29-27-13-15-30(28(21-36(2)3)31(27)38-35-29)37-22-25-10-12-26(18-32)34-20-25/h5-10,12-13,15,20,23,33H,4,11,14,16-17,19,21-22H2,1-3H3. The molecule has 0 amide bonds. The summed E-state index contributed by atoms with van der Waals surface area (Å²) in [6.07, 6.45) is 5.95. The van der Waals surface area contributed by atoms with E-state index in [0.29, 0.717) is 24.8 Å². The first-order valence-corrected chi connectivity index (χ1v) is 13.3. The fourth-order valence-corrected chi connectivity index (χ4v) is 4.64. The first-order valence-electron chi connectivity index (χ1n) is 13.3. The molecule has 2 aromatic carbocycles. The number of aromatic nitrogens is 2. The van der Waals surface area contributed by atoms with Crippen molar-refractivity contribution < 1.29 is 9.26 Å². The lowest BCUT2D eigenvalue weighted by molar-refractivity contribution is 0.294. The SMILES string of the molecule is CCC(CCNCc1ccccc1)CCc1noc2c(CN(C)C)c(OCc3ccc(C#N)nc3)ccc12. The Morgan fingerprint density at radius 1 is 1.05 bits per heavy atom. The predicted molar refractivity (Wildman–Crippen MR) is 150 cm³/mol. The molecule has 2 aromatic heterocycles. The van der Waals surface area contributed by atoms with Crippen LogP contribution < -0.4 is 10.1 Å². The minimum atomic E-state index is 0.363. The Morgan fingerprint density at radius 2 is 1.89 bits per heavy atom. The molecular formula is C31H37N5O2. The summed E-state index contributed by atoms with van der Waals surface area (Å²) in [6.45, 7) is 5.23. The molecule has 0 aliphatic heterocycles. The van der Waals surface area contributed by atoms with Gasteiger partial charge in [0, 0.05) is 30.2 Å². The molecule has 0 spiro atoms. The van der Waals surface area contributed by atoms with Crippen LogP contribution in [0.5, 0.6) is 5.75 Å². The molecule has 38 heavy (non-hydrogen) atoms. The van der Waals surface area contributed by atoms with Gasteiger partial charge in [0.1, 0.15) is 24.1 Å². The monoisotopic (exact) mass is 511 g/mol. The number of fused-ring (bicyclic) bond motifs is 1. The first kappa shape index (κ1) is 27.3. The summed E-state index contributed by atoms with van der Waals surface area (Å²) >= 11 is 0. The zero-order valence-corrected chi connectivity index (χ0v) is 22.6. The summed E-state index contributed by atoms with van der Waals surface area (Å²) in [5.41, 5.74) is 5.42. The quantitative estimate of drug-likeness (QED) is 0.212. The lowest BCUT2D eigenvalue weighted by atomic mass is 9.94. The molecule has 7 heteroatoms. The highest BCUT2D eigenvalue weighted by Crippen LogP contribution is 2.32. The van der Waals surface area contributed by atoms with Crippen LogP contribution >= 0.6 is 0 Å². The van der Waals surface area contributed by atoms with Crippen molar-refractivity contribution in [1.29, 1.82) is 5.26 Å². The molecule has 1 atom stereocenters. The van der Waals surface area contributed by atoms with Gasteiger partial charge in [0.2, 0.25) is 0 Å². The predicted octanol–water partition coefficient (Wildman–Crippen LogP) is 5.87. The molecule has 0 radical (unpaired) electrons. The fraction of sp³-hybridized carbons (Fsp3) is 0.387. The number of nitrogens with zero attached hydrogens (tertiary/aromatic N) is 4. The summed E-state index contributed by atoms with van der Waals surface area (Å²) in [5, 5.41) is 18.1. The Kier molecular flexibility index (Phi) is 9.85. The number of aryl methyl sites for hydroxylation is 1. The van der Waals surface area contributed by atoms with Gasteiger partial charge in [-0.2, -0.15) is 5.26 Å². The van der Waals surface area contributed by atoms with Crippen LogP contribution in [0.2, 0.25) is 0 Å². The maximum Gasteiger partial charge on any atom is 0.175 e. The third kappa shape index (κ3) is 7.41. The van der Waals surface area contributed by atoms with Crippen LogP contribution in [0.25, 0.3) is 11.0 Å². The number of ether oxygens (including phenoxy) is 1. The highest BCUT2D eigenvalue weighted by Gasteiger charge is 2.18. The summed E-state index contributed by atoms with van der Waals surface area (Å²) in [5.74, 6) is 1.41. The van der Waals surface area contributed by atoms with E-state index in [-0.39, 0.29) is 0 Å². The highest BCUT2D eigenvalue weighted by atomic mass is 16.5. The second kappa shape index (κ2) is 13.7. The summed E-state index contributed by atoms with van der Waals surface area (Å²) < 4.78 is 12.1. The molecule has 0 fully saturated rings. The van der Waals surface area contributed by atoms with Gasteiger partial charge in [0.15, 0.2) is 5.58 Å². The number of rotatable bonds is 14. The second-order valence-corrected chi connectivity index (χ2v) is 10.0. The van der Waals surface area contributed by atoms with E-state index in [1.807, 2.05) is 32.3 Å². The van der Waals surface area contributed by atoms with Gasteiger partial charge in [0.05, 0.1) is 11.3 Å². The van der Waals surface area contributed by atoms with Crippen LogP contribution in [0, 0.1) is 17.2 Å². The summed E-state index contributed by atoms with van der Waals surface area (Å²) in [6, 6.07) is 20.2. The van der Waals surface area contributed by atoms with Gasteiger partial charge in [0.25, 0.3) is 0 Å². The van der Waals surface area contributed by atoms with Crippen molar-refractivity contribution in [1.82, 2.24) is 20.4 Å². The number of hydrogen-bond donors (Lipinski definition) is 1. The first-order chi connectivity index (χ1) is 18.6. The molecular weight excluding hydrogens is 474 g/mol. The van der Waals surface area contributed by atoms with Gasteiger partial charge >= 0.3 is 0 Å². The lowest BCUT2D eigenvalue weighted by Crippen LogP contribution is -2.18. The Labute approximate surface area is 225 Å². The maximum absolute atomic E-state index is 8.96. The van der Waals surface area contributed by atoms with E-state index in [4.69, 9.17) is 14.5 Å². The molecule has 4 rings (SSSR count). The summed E-state index contributed by atoms with van der Waals surface area (Å²) in [7, 11) is 4.06. The van der Waals surface area contributed by atoms with Crippen LogP contribution in [-0.2, 0) is 26.1 Å².